The first-order chi connectivity index (χ1) is 18.0. The summed E-state index contributed by atoms with van der Waals surface area (Å²) in [6, 6.07) is 3.06. The lowest BCUT2D eigenvalue weighted by Gasteiger charge is -2.37. The summed E-state index contributed by atoms with van der Waals surface area (Å²) in [5.41, 5.74) is 0.396. The second-order valence-corrected chi connectivity index (χ2v) is 12.0. The van der Waals surface area contributed by atoms with Gasteiger partial charge in [-0.25, -0.2) is 4.39 Å². The Bertz CT molecular complexity index is 848. The summed E-state index contributed by atoms with van der Waals surface area (Å²) in [4.78, 5) is 12.8. The van der Waals surface area contributed by atoms with Crippen molar-refractivity contribution in [2.75, 3.05) is 6.61 Å². The lowest BCUT2D eigenvalue weighted by Crippen LogP contribution is -2.30. The molecule has 37 heavy (non-hydrogen) atoms. The van der Waals surface area contributed by atoms with E-state index >= 15 is 0 Å². The minimum absolute atomic E-state index is 0.0161. The molecule has 5 heteroatoms. The van der Waals surface area contributed by atoms with Crippen molar-refractivity contribution in [2.24, 2.45) is 23.7 Å². The average molecular weight is 519 g/mol. The average Bonchev–Trinajstić information content (AvgIpc) is 2.93. The number of esters is 1. The Morgan fingerprint density at radius 3 is 2.08 bits per heavy atom. The normalized spacial score (nSPS) is 30.7. The lowest BCUT2D eigenvalue weighted by atomic mass is 9.68. The largest absolute Gasteiger partial charge is 0.423 e. The zero-order valence-corrected chi connectivity index (χ0v) is 23.1. The van der Waals surface area contributed by atoms with Crippen molar-refractivity contribution in [3.8, 4) is 5.75 Å². The molecule has 4 rings (SSSR count). The van der Waals surface area contributed by atoms with Gasteiger partial charge in [0.25, 0.3) is 0 Å². The van der Waals surface area contributed by atoms with Gasteiger partial charge in [-0.05, 0) is 106 Å². The van der Waals surface area contributed by atoms with Gasteiger partial charge >= 0.3 is 5.97 Å². The molecule has 0 amide bonds. The summed E-state index contributed by atoms with van der Waals surface area (Å²) in [5, 5.41) is 0. The fourth-order valence-corrected chi connectivity index (χ4v) is 7.37. The van der Waals surface area contributed by atoms with Crippen LogP contribution in [0.25, 0.3) is 0 Å². The molecule has 0 aliphatic heterocycles. The molecule has 0 aromatic heterocycles. The Morgan fingerprint density at radius 1 is 0.811 bits per heavy atom. The number of rotatable bonds is 10. The molecule has 3 aliphatic rings. The standard InChI is InChI=1S/C32H48F2O3/c1-3-5-6-7-22-8-10-23(11-9-22)24-12-14-26(15-13-24)32(35)37-29-21-20-28(30(33)31(29)34)25-16-18-27(19-17-25)36-4-2/h20-27H,3-19H2,1-2H3/t22-,23-,24-,25?,26-,27?. The quantitative estimate of drug-likeness (QED) is 0.176. The lowest BCUT2D eigenvalue weighted by molar-refractivity contribution is -0.140. The summed E-state index contributed by atoms with van der Waals surface area (Å²) >= 11 is 0. The SMILES string of the molecule is CCCCC[C@H]1CC[C@H]([C@H]2CC[C@H](C(=O)Oc3ccc(C4CCC(OCC)CC4)c(F)c3F)CC2)CC1. The predicted molar refractivity (Wildman–Crippen MR) is 144 cm³/mol. The minimum atomic E-state index is -1.03. The molecule has 3 saturated carbocycles. The first-order valence-electron chi connectivity index (χ1n) is 15.3. The van der Waals surface area contributed by atoms with Gasteiger partial charge in [0, 0.05) is 6.61 Å². The third kappa shape index (κ3) is 7.55. The van der Waals surface area contributed by atoms with E-state index in [-0.39, 0.29) is 23.7 Å². The maximum absolute atomic E-state index is 15.0. The van der Waals surface area contributed by atoms with Crippen LogP contribution in [-0.2, 0) is 9.53 Å². The maximum atomic E-state index is 15.0. The van der Waals surface area contributed by atoms with Gasteiger partial charge in [0.1, 0.15) is 0 Å². The Hall–Kier alpha value is -1.49. The molecule has 0 unspecified atom stereocenters. The van der Waals surface area contributed by atoms with Crippen molar-refractivity contribution in [3.05, 3.63) is 29.3 Å². The van der Waals surface area contributed by atoms with E-state index in [0.717, 1.165) is 63.2 Å². The number of ether oxygens (including phenoxy) is 2. The highest BCUT2D eigenvalue weighted by molar-refractivity contribution is 5.75. The van der Waals surface area contributed by atoms with Gasteiger partial charge in [-0.15, -0.1) is 0 Å². The number of benzene rings is 1. The first kappa shape index (κ1) is 28.5. The predicted octanol–water partition coefficient (Wildman–Crippen LogP) is 9.13. The third-order valence-electron chi connectivity index (χ3n) is 9.68. The van der Waals surface area contributed by atoms with Crippen LogP contribution < -0.4 is 4.74 Å². The molecule has 0 heterocycles. The van der Waals surface area contributed by atoms with E-state index in [1.807, 2.05) is 6.92 Å². The summed E-state index contributed by atoms with van der Waals surface area (Å²) in [7, 11) is 0. The Balaban J connectivity index is 1.23. The summed E-state index contributed by atoms with van der Waals surface area (Å²) < 4.78 is 41.0. The molecular formula is C32H48F2O3. The molecule has 3 nitrogen and oxygen atoms in total. The van der Waals surface area contributed by atoms with Crippen LogP contribution in [0.3, 0.4) is 0 Å². The molecule has 1 aromatic rings. The molecule has 0 bridgehead atoms. The Kier molecular flexibility index (Phi) is 10.8. The maximum Gasteiger partial charge on any atom is 0.314 e. The van der Waals surface area contributed by atoms with Gasteiger partial charge in [-0.1, -0.05) is 51.5 Å². The fraction of sp³-hybridized carbons (Fsp3) is 0.781. The third-order valence-corrected chi connectivity index (χ3v) is 9.68. The molecule has 3 aliphatic carbocycles. The number of carbonyl (C=O) groups is 1. The molecule has 0 atom stereocenters. The molecule has 1 aromatic carbocycles. The monoisotopic (exact) mass is 518 g/mol. The molecule has 208 valence electrons. The summed E-state index contributed by atoms with van der Waals surface area (Å²) in [5.74, 6) is -0.370. The van der Waals surface area contributed by atoms with Crippen LogP contribution in [0.15, 0.2) is 12.1 Å². The van der Waals surface area contributed by atoms with Gasteiger partial charge in [0.15, 0.2) is 11.6 Å². The number of hydrogen-bond acceptors (Lipinski definition) is 3. The smallest absolute Gasteiger partial charge is 0.314 e. The zero-order chi connectivity index (χ0) is 26.2. The van der Waals surface area contributed by atoms with Crippen LogP contribution in [0.5, 0.6) is 5.75 Å². The van der Waals surface area contributed by atoms with E-state index in [4.69, 9.17) is 9.47 Å². The van der Waals surface area contributed by atoms with Crippen molar-refractivity contribution in [1.29, 1.82) is 0 Å². The van der Waals surface area contributed by atoms with Gasteiger partial charge in [0.2, 0.25) is 5.82 Å². The summed E-state index contributed by atoms with van der Waals surface area (Å²) in [6.07, 6.45) is 18.0. The van der Waals surface area contributed by atoms with Crippen LogP contribution in [0, 0.1) is 35.3 Å². The highest BCUT2D eigenvalue weighted by Crippen LogP contribution is 2.43. The van der Waals surface area contributed by atoms with Crippen LogP contribution in [0.4, 0.5) is 8.78 Å². The Labute approximate surface area is 223 Å². The molecule has 3 fully saturated rings. The highest BCUT2D eigenvalue weighted by Gasteiger charge is 2.34. The van der Waals surface area contributed by atoms with E-state index in [9.17, 15) is 13.6 Å². The molecule has 0 saturated heterocycles. The van der Waals surface area contributed by atoms with E-state index in [2.05, 4.69) is 6.92 Å². The van der Waals surface area contributed by atoms with Crippen molar-refractivity contribution < 1.29 is 23.0 Å². The first-order valence-corrected chi connectivity index (χ1v) is 15.3. The van der Waals surface area contributed by atoms with Crippen LogP contribution in [0.1, 0.15) is 128 Å². The van der Waals surface area contributed by atoms with E-state index < -0.39 is 17.6 Å². The Morgan fingerprint density at radius 2 is 1.46 bits per heavy atom. The number of unbranched alkanes of at least 4 members (excludes halogenated alkanes) is 2. The zero-order valence-electron chi connectivity index (χ0n) is 23.1. The van der Waals surface area contributed by atoms with E-state index in [1.165, 1.54) is 57.4 Å². The number of halogens is 2. The van der Waals surface area contributed by atoms with E-state index in [1.54, 1.807) is 6.07 Å². The van der Waals surface area contributed by atoms with E-state index in [0.29, 0.717) is 18.1 Å². The molecule has 0 radical (unpaired) electrons. The van der Waals surface area contributed by atoms with Crippen LogP contribution in [0.2, 0.25) is 0 Å². The second kappa shape index (κ2) is 14.1. The number of carbonyl (C=O) groups excluding carboxylic acids is 1. The van der Waals surface area contributed by atoms with Crippen molar-refractivity contribution in [2.45, 2.75) is 129 Å². The van der Waals surface area contributed by atoms with Gasteiger partial charge < -0.3 is 9.47 Å². The fourth-order valence-electron chi connectivity index (χ4n) is 7.37. The van der Waals surface area contributed by atoms with Crippen LogP contribution in [-0.4, -0.2) is 18.7 Å². The van der Waals surface area contributed by atoms with Crippen molar-refractivity contribution in [1.82, 2.24) is 0 Å². The second-order valence-electron chi connectivity index (χ2n) is 12.0. The molecule has 0 N–H and O–H groups in total. The number of hydrogen-bond donors (Lipinski definition) is 0. The van der Waals surface area contributed by atoms with Crippen molar-refractivity contribution >= 4 is 5.97 Å². The molecular weight excluding hydrogens is 470 g/mol. The van der Waals surface area contributed by atoms with Gasteiger partial charge in [-0.2, -0.15) is 4.39 Å². The summed E-state index contributed by atoms with van der Waals surface area (Å²) in [6.45, 7) is 4.93. The van der Waals surface area contributed by atoms with Crippen LogP contribution >= 0.6 is 0 Å². The molecule has 0 spiro atoms. The minimum Gasteiger partial charge on any atom is -0.423 e. The van der Waals surface area contributed by atoms with Gasteiger partial charge in [-0.3, -0.25) is 4.79 Å². The van der Waals surface area contributed by atoms with Gasteiger partial charge in [0.05, 0.1) is 12.0 Å². The highest BCUT2D eigenvalue weighted by atomic mass is 19.2. The topological polar surface area (TPSA) is 35.5 Å². The van der Waals surface area contributed by atoms with Crippen molar-refractivity contribution in [3.63, 3.8) is 0 Å².